The Labute approximate surface area is 129 Å². The van der Waals surface area contributed by atoms with Gasteiger partial charge < -0.3 is 14.2 Å². The first-order chi connectivity index (χ1) is 10.8. The molecule has 0 aromatic heterocycles. The first-order valence-corrected chi connectivity index (χ1v) is 7.47. The molecule has 0 unspecified atom stereocenters. The number of carbonyl (C=O) groups is 1. The van der Waals surface area contributed by atoms with E-state index in [0.717, 1.165) is 30.8 Å². The Bertz CT molecular complexity index is 679. The Morgan fingerprint density at radius 3 is 2.95 bits per heavy atom. The number of fused-ring (bicyclic) bond motifs is 1. The van der Waals surface area contributed by atoms with Gasteiger partial charge in [-0.2, -0.15) is 0 Å². The van der Waals surface area contributed by atoms with E-state index in [9.17, 15) is 4.79 Å². The summed E-state index contributed by atoms with van der Waals surface area (Å²) in [5.74, 6) is 1.73. The molecule has 0 saturated carbocycles. The van der Waals surface area contributed by atoms with Crippen LogP contribution >= 0.6 is 0 Å². The van der Waals surface area contributed by atoms with Gasteiger partial charge in [-0.05, 0) is 55.7 Å². The van der Waals surface area contributed by atoms with E-state index in [-0.39, 0.29) is 5.97 Å². The second kappa shape index (κ2) is 6.52. The zero-order valence-corrected chi connectivity index (χ0v) is 12.5. The normalized spacial score (nSPS) is 13.0. The molecular weight excluding hydrogens is 280 g/mol. The minimum atomic E-state index is -0.376. The number of hydrogen-bond acceptors (Lipinski definition) is 4. The van der Waals surface area contributed by atoms with E-state index in [0.29, 0.717) is 23.7 Å². The molecule has 4 nitrogen and oxygen atoms in total. The molecule has 0 aliphatic carbocycles. The smallest absolute Gasteiger partial charge is 0.341 e. The number of ether oxygens (including phenoxy) is 3. The van der Waals surface area contributed by atoms with Crippen molar-refractivity contribution in [2.75, 3.05) is 13.2 Å². The van der Waals surface area contributed by atoms with Crippen LogP contribution in [0.1, 0.15) is 29.3 Å². The molecule has 1 aliphatic heterocycles. The summed E-state index contributed by atoms with van der Waals surface area (Å²) >= 11 is 0. The van der Waals surface area contributed by atoms with E-state index in [1.54, 1.807) is 25.1 Å². The van der Waals surface area contributed by atoms with Gasteiger partial charge in [0.1, 0.15) is 22.8 Å². The van der Waals surface area contributed by atoms with E-state index >= 15 is 0 Å². The highest BCUT2D eigenvalue weighted by Gasteiger charge is 2.15. The fourth-order valence-electron chi connectivity index (χ4n) is 2.46. The van der Waals surface area contributed by atoms with Crippen LogP contribution in [0.4, 0.5) is 0 Å². The maximum absolute atomic E-state index is 12.0. The second-order valence-corrected chi connectivity index (χ2v) is 5.04. The Kier molecular flexibility index (Phi) is 4.28. The molecule has 3 rings (SSSR count). The summed E-state index contributed by atoms with van der Waals surface area (Å²) in [6, 6.07) is 12.8. The SMILES string of the molecule is CCOC(=O)c1ccccc1Oc1ccc2c(c1)CCCO2. The van der Waals surface area contributed by atoms with Gasteiger partial charge in [0.15, 0.2) is 0 Å². The topological polar surface area (TPSA) is 44.8 Å². The van der Waals surface area contributed by atoms with Gasteiger partial charge in [-0.25, -0.2) is 4.79 Å². The number of carbonyl (C=O) groups excluding carboxylic acids is 1. The van der Waals surface area contributed by atoms with E-state index in [2.05, 4.69) is 0 Å². The highest BCUT2D eigenvalue weighted by molar-refractivity contribution is 5.92. The van der Waals surface area contributed by atoms with Crippen molar-refractivity contribution in [3.05, 3.63) is 53.6 Å². The first-order valence-electron chi connectivity index (χ1n) is 7.47. The number of rotatable bonds is 4. The predicted octanol–water partition coefficient (Wildman–Crippen LogP) is 3.98. The van der Waals surface area contributed by atoms with Crippen molar-refractivity contribution in [2.24, 2.45) is 0 Å². The highest BCUT2D eigenvalue weighted by atomic mass is 16.5. The lowest BCUT2D eigenvalue weighted by Crippen LogP contribution is -2.08. The molecule has 114 valence electrons. The van der Waals surface area contributed by atoms with Crippen LogP contribution in [-0.4, -0.2) is 19.2 Å². The van der Waals surface area contributed by atoms with E-state index in [4.69, 9.17) is 14.2 Å². The summed E-state index contributed by atoms with van der Waals surface area (Å²) in [4.78, 5) is 12.0. The van der Waals surface area contributed by atoms with Crippen molar-refractivity contribution in [1.29, 1.82) is 0 Å². The number of hydrogen-bond donors (Lipinski definition) is 0. The van der Waals surface area contributed by atoms with Crippen molar-refractivity contribution >= 4 is 5.97 Å². The molecule has 0 radical (unpaired) electrons. The fourth-order valence-corrected chi connectivity index (χ4v) is 2.46. The highest BCUT2D eigenvalue weighted by Crippen LogP contribution is 2.32. The predicted molar refractivity (Wildman–Crippen MR) is 82.7 cm³/mol. The largest absolute Gasteiger partial charge is 0.493 e. The Hall–Kier alpha value is -2.49. The van der Waals surface area contributed by atoms with Gasteiger partial charge in [0.05, 0.1) is 13.2 Å². The molecule has 0 N–H and O–H groups in total. The lowest BCUT2D eigenvalue weighted by atomic mass is 10.1. The van der Waals surface area contributed by atoms with Gasteiger partial charge in [0.2, 0.25) is 0 Å². The summed E-state index contributed by atoms with van der Waals surface area (Å²) < 4.78 is 16.5. The first kappa shape index (κ1) is 14.4. The van der Waals surface area contributed by atoms with E-state index < -0.39 is 0 Å². The van der Waals surface area contributed by atoms with Crippen LogP contribution in [0.2, 0.25) is 0 Å². The monoisotopic (exact) mass is 298 g/mol. The van der Waals surface area contributed by atoms with Gasteiger partial charge in [-0.3, -0.25) is 0 Å². The average Bonchev–Trinajstić information content (AvgIpc) is 2.55. The molecule has 0 amide bonds. The van der Waals surface area contributed by atoms with Crippen LogP contribution in [0, 0.1) is 0 Å². The summed E-state index contributed by atoms with van der Waals surface area (Å²) in [6.45, 7) is 2.88. The zero-order valence-electron chi connectivity index (χ0n) is 12.5. The fraction of sp³-hybridized carbons (Fsp3) is 0.278. The molecule has 0 fully saturated rings. The van der Waals surface area contributed by atoms with Crippen molar-refractivity contribution < 1.29 is 19.0 Å². The molecule has 4 heteroatoms. The van der Waals surface area contributed by atoms with E-state index in [1.165, 1.54) is 0 Å². The molecule has 22 heavy (non-hydrogen) atoms. The molecule has 1 heterocycles. The van der Waals surface area contributed by atoms with Crippen molar-refractivity contribution in [3.8, 4) is 17.2 Å². The van der Waals surface area contributed by atoms with Gasteiger partial charge in [-0.1, -0.05) is 12.1 Å². The van der Waals surface area contributed by atoms with Crippen LogP contribution in [0.3, 0.4) is 0 Å². The third kappa shape index (κ3) is 3.06. The van der Waals surface area contributed by atoms with E-state index in [1.807, 2.05) is 24.3 Å². The van der Waals surface area contributed by atoms with Crippen molar-refractivity contribution in [1.82, 2.24) is 0 Å². The van der Waals surface area contributed by atoms with Crippen molar-refractivity contribution in [2.45, 2.75) is 19.8 Å². The molecular formula is C18H18O4. The lowest BCUT2D eigenvalue weighted by Gasteiger charge is -2.18. The van der Waals surface area contributed by atoms with Gasteiger partial charge in [0, 0.05) is 0 Å². The molecule has 0 atom stereocenters. The van der Waals surface area contributed by atoms with Gasteiger partial charge in [0.25, 0.3) is 0 Å². The van der Waals surface area contributed by atoms with Crippen molar-refractivity contribution in [3.63, 3.8) is 0 Å². The Balaban J connectivity index is 1.85. The Morgan fingerprint density at radius 2 is 2.09 bits per heavy atom. The minimum absolute atomic E-state index is 0.337. The van der Waals surface area contributed by atoms with Gasteiger partial charge in [-0.15, -0.1) is 0 Å². The van der Waals surface area contributed by atoms with Crippen LogP contribution in [0.25, 0.3) is 0 Å². The maximum Gasteiger partial charge on any atom is 0.341 e. The van der Waals surface area contributed by atoms with Crippen LogP contribution in [0.5, 0.6) is 17.2 Å². The molecule has 2 aromatic carbocycles. The molecule has 2 aromatic rings. The van der Waals surface area contributed by atoms with Gasteiger partial charge >= 0.3 is 5.97 Å². The number of aryl methyl sites for hydroxylation is 1. The third-order valence-corrected chi connectivity index (χ3v) is 3.49. The third-order valence-electron chi connectivity index (χ3n) is 3.49. The van der Waals surface area contributed by atoms with Crippen LogP contribution in [0.15, 0.2) is 42.5 Å². The summed E-state index contributed by atoms with van der Waals surface area (Å²) in [6.07, 6.45) is 1.99. The number of benzene rings is 2. The maximum atomic E-state index is 12.0. The summed E-state index contributed by atoms with van der Waals surface area (Å²) in [5.41, 5.74) is 1.57. The number of esters is 1. The molecule has 0 bridgehead atoms. The van der Waals surface area contributed by atoms with Crippen LogP contribution in [-0.2, 0) is 11.2 Å². The average molecular weight is 298 g/mol. The summed E-state index contributed by atoms with van der Waals surface area (Å²) in [5, 5.41) is 0. The van der Waals surface area contributed by atoms with Crippen LogP contribution < -0.4 is 9.47 Å². The molecule has 0 saturated heterocycles. The summed E-state index contributed by atoms with van der Waals surface area (Å²) in [7, 11) is 0. The standard InChI is InChI=1S/C18H18O4/c1-2-20-18(19)15-7-3-4-8-17(15)22-14-9-10-16-13(12-14)6-5-11-21-16/h3-4,7-10,12H,2,5-6,11H2,1H3. The molecule has 0 spiro atoms. The zero-order chi connectivity index (χ0) is 15.4. The minimum Gasteiger partial charge on any atom is -0.493 e. The Morgan fingerprint density at radius 1 is 1.23 bits per heavy atom. The molecule has 1 aliphatic rings. The number of para-hydroxylation sites is 1. The second-order valence-electron chi connectivity index (χ2n) is 5.04. The lowest BCUT2D eigenvalue weighted by molar-refractivity contribution is 0.0523. The quantitative estimate of drug-likeness (QED) is 0.801.